The number of nitrogens with one attached hydrogen (secondary N) is 1. The summed E-state index contributed by atoms with van der Waals surface area (Å²) < 4.78 is 7.58. The summed E-state index contributed by atoms with van der Waals surface area (Å²) in [7, 11) is 0. The topological polar surface area (TPSA) is 64.3 Å². The first-order chi connectivity index (χ1) is 9.52. The van der Waals surface area contributed by atoms with E-state index in [0.717, 1.165) is 20.2 Å². The Kier molecular flexibility index (Phi) is 3.43. The normalized spacial score (nSPS) is 13.0. The quantitative estimate of drug-likeness (QED) is 0.750. The van der Waals surface area contributed by atoms with E-state index in [1.54, 1.807) is 12.1 Å². The number of halogens is 2. The van der Waals surface area contributed by atoms with E-state index < -0.39 is 0 Å². The van der Waals surface area contributed by atoms with Crippen molar-refractivity contribution in [1.82, 2.24) is 0 Å². The van der Waals surface area contributed by atoms with Crippen molar-refractivity contribution in [2.75, 3.05) is 11.1 Å². The highest BCUT2D eigenvalue weighted by Crippen LogP contribution is 2.38. The zero-order chi connectivity index (χ0) is 14.3. The van der Waals surface area contributed by atoms with Crippen LogP contribution in [0.25, 0.3) is 0 Å². The number of rotatable bonds is 2. The van der Waals surface area contributed by atoms with Gasteiger partial charge < -0.3 is 15.8 Å². The Labute approximate surface area is 132 Å². The first-order valence-corrected chi connectivity index (χ1v) is 7.46. The second-order valence-electron chi connectivity index (χ2n) is 4.45. The molecular formula is C14H10Br2N2O2. The molecule has 3 N–H and O–H groups in total. The maximum atomic E-state index is 11.4. The molecule has 0 aromatic heterocycles. The highest BCUT2D eigenvalue weighted by atomic mass is 79.9. The Hall–Kier alpha value is -1.53. The van der Waals surface area contributed by atoms with Crippen LogP contribution in [0, 0.1) is 0 Å². The van der Waals surface area contributed by atoms with Crippen LogP contribution in [0.15, 0.2) is 39.3 Å². The summed E-state index contributed by atoms with van der Waals surface area (Å²) in [6.07, 6.45) is 0.363. The van der Waals surface area contributed by atoms with E-state index >= 15 is 0 Å². The van der Waals surface area contributed by atoms with Crippen LogP contribution >= 0.6 is 31.9 Å². The molecule has 0 fully saturated rings. The predicted molar refractivity (Wildman–Crippen MR) is 85.1 cm³/mol. The molecule has 1 aliphatic rings. The number of nitrogen functional groups attached to an aromatic ring is 1. The number of carbonyl (C=O) groups is 1. The van der Waals surface area contributed by atoms with E-state index in [2.05, 4.69) is 37.2 Å². The van der Waals surface area contributed by atoms with Gasteiger partial charge in [-0.15, -0.1) is 0 Å². The van der Waals surface area contributed by atoms with Gasteiger partial charge in [-0.25, -0.2) is 0 Å². The molecule has 0 unspecified atom stereocenters. The molecule has 20 heavy (non-hydrogen) atoms. The number of carbonyl (C=O) groups excluding carboxylic acids is 1. The third kappa shape index (κ3) is 2.53. The van der Waals surface area contributed by atoms with E-state index in [9.17, 15) is 4.79 Å². The first-order valence-electron chi connectivity index (χ1n) is 5.88. The van der Waals surface area contributed by atoms with Gasteiger partial charge in [0.15, 0.2) is 5.75 Å². The summed E-state index contributed by atoms with van der Waals surface area (Å²) in [6.45, 7) is 0. The monoisotopic (exact) mass is 396 g/mol. The third-order valence-electron chi connectivity index (χ3n) is 2.97. The number of benzene rings is 2. The lowest BCUT2D eigenvalue weighted by Crippen LogP contribution is -2.03. The van der Waals surface area contributed by atoms with Gasteiger partial charge in [0.05, 0.1) is 16.6 Å². The zero-order valence-electron chi connectivity index (χ0n) is 10.2. The second kappa shape index (κ2) is 5.10. The maximum Gasteiger partial charge on any atom is 0.228 e. The van der Waals surface area contributed by atoms with E-state index in [-0.39, 0.29) is 5.91 Å². The van der Waals surface area contributed by atoms with Gasteiger partial charge in [-0.2, -0.15) is 0 Å². The fourth-order valence-corrected chi connectivity index (χ4v) is 3.17. The van der Waals surface area contributed by atoms with Gasteiger partial charge in [0, 0.05) is 16.2 Å². The maximum absolute atomic E-state index is 11.4. The van der Waals surface area contributed by atoms with Crippen LogP contribution in [0.5, 0.6) is 11.5 Å². The van der Waals surface area contributed by atoms with E-state index in [1.807, 2.05) is 18.2 Å². The zero-order valence-corrected chi connectivity index (χ0v) is 13.4. The summed E-state index contributed by atoms with van der Waals surface area (Å²) in [5.41, 5.74) is 8.14. The lowest BCUT2D eigenvalue weighted by atomic mass is 10.1. The number of fused-ring (bicyclic) bond motifs is 1. The molecule has 0 spiro atoms. The fourth-order valence-electron chi connectivity index (χ4n) is 2.04. The van der Waals surface area contributed by atoms with Gasteiger partial charge in [0.2, 0.25) is 5.91 Å². The van der Waals surface area contributed by atoms with Crippen LogP contribution in [0.4, 0.5) is 11.4 Å². The largest absolute Gasteiger partial charge is 0.454 e. The minimum Gasteiger partial charge on any atom is -0.454 e. The number of hydrogen-bond donors (Lipinski definition) is 2. The van der Waals surface area contributed by atoms with Gasteiger partial charge in [0.1, 0.15) is 5.75 Å². The summed E-state index contributed by atoms with van der Waals surface area (Å²) >= 11 is 6.82. The van der Waals surface area contributed by atoms with Gasteiger partial charge in [0.25, 0.3) is 0 Å². The molecule has 0 atom stereocenters. The third-order valence-corrected chi connectivity index (χ3v) is 4.09. The molecule has 1 amide bonds. The number of ether oxygens (including phenoxy) is 1. The highest BCUT2D eigenvalue weighted by molar-refractivity contribution is 9.11. The molecule has 2 aromatic carbocycles. The molecule has 102 valence electrons. The number of hydrogen-bond acceptors (Lipinski definition) is 3. The van der Waals surface area contributed by atoms with Crippen molar-refractivity contribution in [3.05, 3.63) is 44.8 Å². The Balaban J connectivity index is 1.95. The molecule has 0 saturated heterocycles. The second-order valence-corrected chi connectivity index (χ2v) is 6.22. The van der Waals surface area contributed by atoms with Crippen LogP contribution in [0.3, 0.4) is 0 Å². The molecule has 2 aromatic rings. The molecule has 0 saturated carbocycles. The van der Waals surface area contributed by atoms with Crippen LogP contribution < -0.4 is 15.8 Å². The molecule has 0 radical (unpaired) electrons. The van der Waals surface area contributed by atoms with Gasteiger partial charge in [-0.05, 0) is 45.8 Å². The lowest BCUT2D eigenvalue weighted by molar-refractivity contribution is -0.115. The predicted octanol–water partition coefficient (Wildman–Crippen LogP) is 4.08. The van der Waals surface area contributed by atoms with Crippen molar-refractivity contribution < 1.29 is 9.53 Å². The van der Waals surface area contributed by atoms with Gasteiger partial charge >= 0.3 is 0 Å². The van der Waals surface area contributed by atoms with E-state index in [0.29, 0.717) is 23.6 Å². The molecule has 6 heteroatoms. The number of nitrogens with two attached hydrogens (primary N) is 1. The average molecular weight is 398 g/mol. The smallest absolute Gasteiger partial charge is 0.228 e. The number of anilines is 2. The summed E-state index contributed by atoms with van der Waals surface area (Å²) in [6, 6.07) is 9.13. The summed E-state index contributed by atoms with van der Waals surface area (Å²) in [5.74, 6) is 1.15. The molecule has 1 aliphatic heterocycles. The number of amides is 1. The van der Waals surface area contributed by atoms with Gasteiger partial charge in [-0.1, -0.05) is 15.9 Å². The standard InChI is InChI=1S/C14H10Br2N2O2/c15-8-1-2-12(9(16)5-8)20-13-6-11-7(3-10(13)17)4-14(19)18-11/h1-3,5-6H,4,17H2,(H,18,19). The molecule has 0 aliphatic carbocycles. The van der Waals surface area contributed by atoms with Crippen LogP contribution in [-0.2, 0) is 11.2 Å². The lowest BCUT2D eigenvalue weighted by Gasteiger charge is -2.12. The minimum absolute atomic E-state index is 0.0265. The average Bonchev–Trinajstić information content (AvgIpc) is 2.72. The summed E-state index contributed by atoms with van der Waals surface area (Å²) in [4.78, 5) is 11.4. The van der Waals surface area contributed by atoms with E-state index in [4.69, 9.17) is 10.5 Å². The molecule has 0 bridgehead atoms. The van der Waals surface area contributed by atoms with Crippen molar-refractivity contribution in [3.63, 3.8) is 0 Å². The van der Waals surface area contributed by atoms with Crippen molar-refractivity contribution >= 4 is 49.1 Å². The molecule has 1 heterocycles. The van der Waals surface area contributed by atoms with Crippen molar-refractivity contribution in [2.24, 2.45) is 0 Å². The van der Waals surface area contributed by atoms with E-state index in [1.165, 1.54) is 0 Å². The van der Waals surface area contributed by atoms with Crippen LogP contribution in [0.2, 0.25) is 0 Å². The molecule has 4 nitrogen and oxygen atoms in total. The van der Waals surface area contributed by atoms with Crippen molar-refractivity contribution in [1.29, 1.82) is 0 Å². The molecule has 3 rings (SSSR count). The van der Waals surface area contributed by atoms with Crippen LogP contribution in [-0.4, -0.2) is 5.91 Å². The Bertz CT molecular complexity index is 717. The Morgan fingerprint density at radius 3 is 2.70 bits per heavy atom. The fraction of sp³-hybridized carbons (Fsp3) is 0.0714. The Morgan fingerprint density at radius 2 is 1.95 bits per heavy atom. The van der Waals surface area contributed by atoms with Crippen molar-refractivity contribution in [2.45, 2.75) is 6.42 Å². The van der Waals surface area contributed by atoms with Crippen molar-refractivity contribution in [3.8, 4) is 11.5 Å². The summed E-state index contributed by atoms with van der Waals surface area (Å²) in [5, 5.41) is 2.78. The minimum atomic E-state index is -0.0265. The van der Waals surface area contributed by atoms with Gasteiger partial charge in [-0.3, -0.25) is 4.79 Å². The SMILES string of the molecule is Nc1cc2c(cc1Oc1ccc(Br)cc1Br)NC(=O)C2. The highest BCUT2D eigenvalue weighted by Gasteiger charge is 2.20. The first kappa shape index (κ1) is 13.5. The Morgan fingerprint density at radius 1 is 1.15 bits per heavy atom. The van der Waals surface area contributed by atoms with Crippen LogP contribution in [0.1, 0.15) is 5.56 Å². The molecular weight excluding hydrogens is 388 g/mol.